The molecule has 0 fully saturated rings. The van der Waals surface area contributed by atoms with E-state index in [1.165, 1.54) is 6.92 Å². The maximum absolute atomic E-state index is 12.1. The van der Waals surface area contributed by atoms with E-state index < -0.39 is 5.97 Å². The number of carbonyl (C=O) groups is 2. The number of carboxylic acids is 1. The van der Waals surface area contributed by atoms with Crippen molar-refractivity contribution in [2.75, 3.05) is 6.61 Å². The first-order valence-electron chi connectivity index (χ1n) is 6.72. The molecule has 0 amide bonds. The van der Waals surface area contributed by atoms with Crippen molar-refractivity contribution in [1.82, 2.24) is 4.98 Å². The molecule has 2 aromatic rings. The summed E-state index contributed by atoms with van der Waals surface area (Å²) in [6.07, 6.45) is 0. The van der Waals surface area contributed by atoms with Gasteiger partial charge in [-0.15, -0.1) is 11.3 Å². The van der Waals surface area contributed by atoms with E-state index in [1.54, 1.807) is 0 Å². The fraction of sp³-hybridized carbons (Fsp3) is 0.312. The maximum Gasteiger partial charge on any atom is 0.228 e. The van der Waals surface area contributed by atoms with Crippen molar-refractivity contribution >= 4 is 23.1 Å². The van der Waals surface area contributed by atoms with E-state index in [-0.39, 0.29) is 28.0 Å². The molecule has 0 aliphatic carbocycles. The Balaban J connectivity index is 2.16. The van der Waals surface area contributed by atoms with Gasteiger partial charge in [0.25, 0.3) is 0 Å². The van der Waals surface area contributed by atoms with E-state index in [9.17, 15) is 14.7 Å². The van der Waals surface area contributed by atoms with E-state index in [0.29, 0.717) is 5.75 Å². The molecule has 0 atom stereocenters. The number of carboxylic acid groups (broad SMARTS) is 1. The van der Waals surface area contributed by atoms with Gasteiger partial charge in [0.05, 0.1) is 16.5 Å². The first-order chi connectivity index (χ1) is 10.3. The fourth-order valence-electron chi connectivity index (χ4n) is 2.05. The summed E-state index contributed by atoms with van der Waals surface area (Å²) < 4.78 is 5.63. The summed E-state index contributed by atoms with van der Waals surface area (Å²) in [4.78, 5) is 27.0. The quantitative estimate of drug-likeness (QED) is 0.788. The SMILES string of the molecule is Cc1ccc(C)c(OCC(=O)c2nc(C)c(C(=O)[O-])s2)c1C. The molecule has 22 heavy (non-hydrogen) atoms. The molecule has 0 aliphatic rings. The molecule has 1 heterocycles. The van der Waals surface area contributed by atoms with Gasteiger partial charge in [-0.05, 0) is 44.4 Å². The van der Waals surface area contributed by atoms with Crippen LogP contribution in [0.15, 0.2) is 12.1 Å². The molecule has 1 aromatic heterocycles. The summed E-state index contributed by atoms with van der Waals surface area (Å²) in [7, 11) is 0. The average Bonchev–Trinajstić information content (AvgIpc) is 2.85. The van der Waals surface area contributed by atoms with E-state index in [0.717, 1.165) is 28.0 Å². The molecule has 2 rings (SSSR count). The molecule has 0 unspecified atom stereocenters. The van der Waals surface area contributed by atoms with E-state index in [4.69, 9.17) is 4.74 Å². The van der Waals surface area contributed by atoms with Gasteiger partial charge in [0.15, 0.2) is 11.6 Å². The molecule has 116 valence electrons. The van der Waals surface area contributed by atoms with E-state index in [2.05, 4.69) is 4.98 Å². The molecule has 0 spiro atoms. The molecule has 5 nitrogen and oxygen atoms in total. The molecule has 0 aliphatic heterocycles. The minimum Gasteiger partial charge on any atom is -0.544 e. The fourth-order valence-corrected chi connectivity index (χ4v) is 2.88. The van der Waals surface area contributed by atoms with Crippen molar-refractivity contribution in [2.45, 2.75) is 27.7 Å². The Morgan fingerprint density at radius 3 is 2.41 bits per heavy atom. The lowest BCUT2D eigenvalue weighted by atomic mass is 10.1. The molecule has 1 aromatic carbocycles. The van der Waals surface area contributed by atoms with Crippen molar-refractivity contribution in [3.8, 4) is 5.75 Å². The highest BCUT2D eigenvalue weighted by atomic mass is 32.1. The van der Waals surface area contributed by atoms with Gasteiger partial charge >= 0.3 is 0 Å². The van der Waals surface area contributed by atoms with Crippen LogP contribution in [0.1, 0.15) is 41.9 Å². The monoisotopic (exact) mass is 318 g/mol. The molecule has 6 heteroatoms. The summed E-state index contributed by atoms with van der Waals surface area (Å²) >= 11 is 0.820. The third kappa shape index (κ3) is 3.17. The Hall–Kier alpha value is -2.21. The number of ketones is 1. The van der Waals surface area contributed by atoms with Crippen LogP contribution in [0.5, 0.6) is 5.75 Å². The number of aryl methyl sites for hydroxylation is 3. The number of carbonyl (C=O) groups excluding carboxylic acids is 2. The van der Waals surface area contributed by atoms with Crippen LogP contribution in [0.4, 0.5) is 0 Å². The molecule has 0 N–H and O–H groups in total. The Labute approximate surface area is 132 Å². The first kappa shape index (κ1) is 16.2. The Morgan fingerprint density at radius 1 is 1.18 bits per heavy atom. The van der Waals surface area contributed by atoms with E-state index in [1.807, 2.05) is 32.9 Å². The zero-order chi connectivity index (χ0) is 16.4. The average molecular weight is 318 g/mol. The number of benzene rings is 1. The first-order valence-corrected chi connectivity index (χ1v) is 7.54. The number of Topliss-reactive ketones (excluding diaryl/α,β-unsaturated/α-hetero) is 1. The summed E-state index contributed by atoms with van der Waals surface area (Å²) in [6.45, 7) is 7.18. The summed E-state index contributed by atoms with van der Waals surface area (Å²) in [5, 5.41) is 11.0. The second-order valence-electron chi connectivity index (χ2n) is 5.09. The summed E-state index contributed by atoms with van der Waals surface area (Å²) in [5.41, 5.74) is 3.30. The number of hydrogen-bond donors (Lipinski definition) is 0. The molecule has 0 radical (unpaired) electrons. The van der Waals surface area contributed by atoms with Crippen LogP contribution in [0.2, 0.25) is 0 Å². The van der Waals surface area contributed by atoms with Gasteiger partial charge in [-0.2, -0.15) is 0 Å². The number of ether oxygens (including phenoxy) is 1. The highest BCUT2D eigenvalue weighted by molar-refractivity contribution is 7.15. The third-order valence-electron chi connectivity index (χ3n) is 3.44. The summed E-state index contributed by atoms with van der Waals surface area (Å²) in [6, 6.07) is 3.93. The van der Waals surface area contributed by atoms with Gasteiger partial charge in [0.2, 0.25) is 5.78 Å². The maximum atomic E-state index is 12.1. The van der Waals surface area contributed by atoms with Gasteiger partial charge in [0.1, 0.15) is 5.75 Å². The highest BCUT2D eigenvalue weighted by Crippen LogP contribution is 2.26. The number of rotatable bonds is 5. The lowest BCUT2D eigenvalue weighted by Gasteiger charge is -2.12. The van der Waals surface area contributed by atoms with Crippen molar-refractivity contribution < 1.29 is 19.4 Å². The predicted octanol–water partition coefficient (Wildman–Crippen LogP) is 2.00. The van der Waals surface area contributed by atoms with Gasteiger partial charge in [-0.3, -0.25) is 4.79 Å². The number of nitrogens with zero attached hydrogens (tertiary/aromatic N) is 1. The Morgan fingerprint density at radius 2 is 1.82 bits per heavy atom. The lowest BCUT2D eigenvalue weighted by Crippen LogP contribution is -2.21. The normalized spacial score (nSPS) is 10.5. The largest absolute Gasteiger partial charge is 0.544 e. The van der Waals surface area contributed by atoms with Crippen LogP contribution in [0.3, 0.4) is 0 Å². The lowest BCUT2D eigenvalue weighted by molar-refractivity contribution is -0.254. The zero-order valence-electron chi connectivity index (χ0n) is 12.9. The van der Waals surface area contributed by atoms with Crippen LogP contribution in [0.25, 0.3) is 0 Å². The van der Waals surface area contributed by atoms with Gasteiger partial charge in [0, 0.05) is 0 Å². The van der Waals surface area contributed by atoms with E-state index >= 15 is 0 Å². The number of aromatic nitrogens is 1. The smallest absolute Gasteiger partial charge is 0.228 e. The van der Waals surface area contributed by atoms with Crippen LogP contribution in [-0.4, -0.2) is 23.3 Å². The number of hydrogen-bond acceptors (Lipinski definition) is 6. The molecule has 0 saturated carbocycles. The van der Waals surface area contributed by atoms with Crippen LogP contribution in [-0.2, 0) is 0 Å². The molecular weight excluding hydrogens is 302 g/mol. The number of thiazole rings is 1. The van der Waals surface area contributed by atoms with Crippen molar-refractivity contribution in [1.29, 1.82) is 0 Å². The van der Waals surface area contributed by atoms with Crippen LogP contribution in [0, 0.1) is 27.7 Å². The van der Waals surface area contributed by atoms with Crippen molar-refractivity contribution in [3.63, 3.8) is 0 Å². The summed E-state index contributed by atoms with van der Waals surface area (Å²) in [5.74, 6) is -0.983. The highest BCUT2D eigenvalue weighted by Gasteiger charge is 2.17. The van der Waals surface area contributed by atoms with Crippen LogP contribution < -0.4 is 9.84 Å². The van der Waals surface area contributed by atoms with Gasteiger partial charge in [-0.1, -0.05) is 12.1 Å². The Bertz CT molecular complexity index is 749. The van der Waals surface area contributed by atoms with Gasteiger partial charge < -0.3 is 14.6 Å². The molecule has 0 saturated heterocycles. The topological polar surface area (TPSA) is 79.3 Å². The second-order valence-corrected chi connectivity index (χ2v) is 6.09. The molecule has 0 bridgehead atoms. The second kappa shape index (κ2) is 6.27. The number of aromatic carboxylic acids is 1. The minimum atomic E-state index is -1.32. The predicted molar refractivity (Wildman–Crippen MR) is 81.7 cm³/mol. The van der Waals surface area contributed by atoms with Crippen molar-refractivity contribution in [3.05, 3.63) is 44.4 Å². The van der Waals surface area contributed by atoms with Crippen molar-refractivity contribution in [2.24, 2.45) is 0 Å². The zero-order valence-corrected chi connectivity index (χ0v) is 13.7. The minimum absolute atomic E-state index is 0.0220. The molecular formula is C16H16NO4S-. The third-order valence-corrected chi connectivity index (χ3v) is 4.62. The Kier molecular flexibility index (Phi) is 4.61. The standard InChI is InChI=1S/C16H17NO4S/c1-8-5-6-9(2)13(10(8)3)21-7-12(18)15-17-11(4)14(22-15)16(19)20/h5-6H,7H2,1-4H3,(H,19,20)/p-1. The van der Waals surface area contributed by atoms with Gasteiger partial charge in [-0.25, -0.2) is 4.98 Å². The van der Waals surface area contributed by atoms with Crippen LogP contribution >= 0.6 is 11.3 Å².